The van der Waals surface area contributed by atoms with Crippen molar-refractivity contribution < 1.29 is 0 Å². The van der Waals surface area contributed by atoms with Gasteiger partial charge in [-0.3, -0.25) is 0 Å². The lowest BCUT2D eigenvalue weighted by molar-refractivity contribution is 1.36. The zero-order valence-electron chi connectivity index (χ0n) is 7.17. The van der Waals surface area contributed by atoms with Crippen molar-refractivity contribution in [3.63, 3.8) is 0 Å². The first-order chi connectivity index (χ1) is 6.20. The van der Waals surface area contributed by atoms with Crippen molar-refractivity contribution >= 4 is 29.1 Å². The van der Waals surface area contributed by atoms with Crippen LogP contribution in [0.1, 0.15) is 11.1 Å². The monoisotopic (exact) mass is 212 g/mol. The molecule has 0 radical (unpaired) electrons. The second-order valence-electron chi connectivity index (χ2n) is 2.54. The van der Waals surface area contributed by atoms with Gasteiger partial charge in [0.25, 0.3) is 0 Å². The van der Waals surface area contributed by atoms with E-state index in [9.17, 15) is 0 Å². The van der Waals surface area contributed by atoms with Crippen LogP contribution in [0.5, 0.6) is 0 Å². The number of nitriles is 1. The van der Waals surface area contributed by atoms with E-state index in [-0.39, 0.29) is 0 Å². The Labute approximate surface area is 86.7 Å². The summed E-state index contributed by atoms with van der Waals surface area (Å²) in [5.74, 6) is 0.782. The Hall–Kier alpha value is -0.850. The quantitative estimate of drug-likeness (QED) is 0.767. The molecule has 0 amide bonds. The predicted octanol–water partition coefficient (Wildman–Crippen LogP) is 2.66. The first-order valence-corrected chi connectivity index (χ1v) is 5.43. The molecule has 0 spiro atoms. The fraction of sp³-hybridized carbons (Fsp3) is 0.222. The zero-order valence-corrected chi connectivity index (χ0v) is 8.75. The summed E-state index contributed by atoms with van der Waals surface area (Å²) in [4.78, 5) is 0. The van der Waals surface area contributed by atoms with Crippen molar-refractivity contribution in [2.75, 3.05) is 12.0 Å². The van der Waals surface area contributed by atoms with Crippen LogP contribution in [0.2, 0.25) is 5.02 Å². The highest BCUT2D eigenvalue weighted by atomic mass is 35.5. The molecule has 1 rings (SSSR count). The predicted molar refractivity (Wildman–Crippen MR) is 57.8 cm³/mol. The Kier molecular flexibility index (Phi) is 3.47. The standard InChI is InChI=1S/C9H9ClN2S/c1-13-5-6-2-3-8(10)9(12)7(6)4-11/h2-3H,5,12H2,1H3. The van der Waals surface area contributed by atoms with Crippen molar-refractivity contribution in [2.45, 2.75) is 5.75 Å². The van der Waals surface area contributed by atoms with Crippen molar-refractivity contribution in [1.82, 2.24) is 0 Å². The average Bonchev–Trinajstić information content (AvgIpc) is 2.12. The number of nitrogens with zero attached hydrogens (tertiary/aromatic N) is 1. The highest BCUT2D eigenvalue weighted by molar-refractivity contribution is 7.97. The van der Waals surface area contributed by atoms with Gasteiger partial charge in [-0.2, -0.15) is 17.0 Å². The smallest absolute Gasteiger partial charge is 0.102 e. The largest absolute Gasteiger partial charge is 0.396 e. The molecule has 2 N–H and O–H groups in total. The van der Waals surface area contributed by atoms with Gasteiger partial charge >= 0.3 is 0 Å². The minimum Gasteiger partial charge on any atom is -0.396 e. The first-order valence-electron chi connectivity index (χ1n) is 3.66. The molecular formula is C9H9ClN2S. The lowest BCUT2D eigenvalue weighted by Crippen LogP contribution is -1.96. The second kappa shape index (κ2) is 4.40. The molecule has 0 bridgehead atoms. The van der Waals surface area contributed by atoms with Gasteiger partial charge in [0.1, 0.15) is 6.07 Å². The number of thioether (sulfide) groups is 1. The van der Waals surface area contributed by atoms with Crippen molar-refractivity contribution in [3.8, 4) is 6.07 Å². The van der Waals surface area contributed by atoms with Gasteiger partial charge < -0.3 is 5.73 Å². The summed E-state index contributed by atoms with van der Waals surface area (Å²) in [6, 6.07) is 5.63. The maximum atomic E-state index is 8.85. The topological polar surface area (TPSA) is 49.8 Å². The highest BCUT2D eigenvalue weighted by Crippen LogP contribution is 2.27. The minimum atomic E-state index is 0.385. The van der Waals surface area contributed by atoms with Crippen LogP contribution in [-0.4, -0.2) is 6.26 Å². The molecule has 0 aliphatic rings. The summed E-state index contributed by atoms with van der Waals surface area (Å²) in [6.45, 7) is 0. The van der Waals surface area contributed by atoms with E-state index in [4.69, 9.17) is 22.6 Å². The van der Waals surface area contributed by atoms with Gasteiger partial charge in [-0.05, 0) is 17.9 Å². The summed E-state index contributed by atoms with van der Waals surface area (Å²) >= 11 is 7.43. The normalized spacial score (nSPS) is 9.62. The third kappa shape index (κ3) is 2.09. The molecule has 13 heavy (non-hydrogen) atoms. The van der Waals surface area contributed by atoms with Crippen molar-refractivity contribution in [1.29, 1.82) is 5.26 Å². The Morgan fingerprint density at radius 1 is 1.62 bits per heavy atom. The Morgan fingerprint density at radius 3 is 2.85 bits per heavy atom. The van der Waals surface area contributed by atoms with Crippen molar-refractivity contribution in [3.05, 3.63) is 28.3 Å². The fourth-order valence-corrected chi connectivity index (χ4v) is 1.76. The Morgan fingerprint density at radius 2 is 2.31 bits per heavy atom. The second-order valence-corrected chi connectivity index (χ2v) is 3.81. The van der Waals surface area contributed by atoms with E-state index in [1.165, 1.54) is 0 Å². The molecule has 1 aromatic carbocycles. The van der Waals surface area contributed by atoms with Crippen LogP contribution in [0.4, 0.5) is 5.69 Å². The molecule has 0 unspecified atom stereocenters. The van der Waals surface area contributed by atoms with Crippen LogP contribution < -0.4 is 5.73 Å². The van der Waals surface area contributed by atoms with E-state index in [0.29, 0.717) is 16.3 Å². The van der Waals surface area contributed by atoms with E-state index in [1.807, 2.05) is 12.3 Å². The van der Waals surface area contributed by atoms with Crippen LogP contribution >= 0.6 is 23.4 Å². The number of rotatable bonds is 2. The zero-order chi connectivity index (χ0) is 9.84. The summed E-state index contributed by atoms with van der Waals surface area (Å²) in [6.07, 6.45) is 1.98. The van der Waals surface area contributed by atoms with Gasteiger partial charge in [0, 0.05) is 5.75 Å². The van der Waals surface area contributed by atoms with Gasteiger partial charge in [-0.15, -0.1) is 0 Å². The van der Waals surface area contributed by atoms with Gasteiger partial charge in [0.15, 0.2) is 0 Å². The van der Waals surface area contributed by atoms with Crippen LogP contribution in [0.25, 0.3) is 0 Å². The fourth-order valence-electron chi connectivity index (χ4n) is 1.05. The molecular weight excluding hydrogens is 204 g/mol. The van der Waals surface area contributed by atoms with Crippen molar-refractivity contribution in [2.24, 2.45) is 0 Å². The summed E-state index contributed by atoms with van der Waals surface area (Å²) < 4.78 is 0. The van der Waals surface area contributed by atoms with E-state index in [2.05, 4.69) is 6.07 Å². The van der Waals surface area contributed by atoms with Gasteiger partial charge in [-0.25, -0.2) is 0 Å². The number of benzene rings is 1. The lowest BCUT2D eigenvalue weighted by atomic mass is 10.1. The van der Waals surface area contributed by atoms with Crippen LogP contribution in [0.3, 0.4) is 0 Å². The Bertz CT molecular complexity index is 357. The van der Waals surface area contributed by atoms with Gasteiger partial charge in [-0.1, -0.05) is 17.7 Å². The molecule has 0 atom stereocenters. The third-order valence-corrected chi connectivity index (χ3v) is 2.62. The molecule has 0 heterocycles. The van der Waals surface area contributed by atoms with Crippen LogP contribution in [0.15, 0.2) is 12.1 Å². The third-order valence-electron chi connectivity index (χ3n) is 1.69. The molecule has 68 valence electrons. The minimum absolute atomic E-state index is 0.385. The van der Waals surface area contributed by atoms with Gasteiger partial charge in [0.2, 0.25) is 0 Å². The maximum Gasteiger partial charge on any atom is 0.102 e. The first kappa shape index (κ1) is 10.2. The van der Waals surface area contributed by atoms with E-state index in [0.717, 1.165) is 11.3 Å². The highest BCUT2D eigenvalue weighted by Gasteiger charge is 2.08. The average molecular weight is 213 g/mol. The SMILES string of the molecule is CSCc1ccc(Cl)c(N)c1C#N. The number of nitrogens with two attached hydrogens (primary N) is 1. The molecule has 4 heteroatoms. The van der Waals surface area contributed by atoms with Crippen LogP contribution in [0, 0.1) is 11.3 Å². The number of anilines is 1. The molecule has 0 fully saturated rings. The molecule has 0 saturated carbocycles. The summed E-state index contributed by atoms with van der Waals surface area (Å²) in [5, 5.41) is 9.30. The van der Waals surface area contributed by atoms with E-state index >= 15 is 0 Å². The number of halogens is 1. The van der Waals surface area contributed by atoms with Crippen LogP contribution in [-0.2, 0) is 5.75 Å². The maximum absolute atomic E-state index is 8.85. The molecule has 0 aliphatic heterocycles. The van der Waals surface area contributed by atoms with E-state index in [1.54, 1.807) is 17.8 Å². The summed E-state index contributed by atoms with van der Waals surface area (Å²) in [5.41, 5.74) is 7.49. The molecule has 0 saturated heterocycles. The number of nitrogen functional groups attached to an aromatic ring is 1. The molecule has 0 aliphatic carbocycles. The number of hydrogen-bond acceptors (Lipinski definition) is 3. The molecule has 1 aromatic rings. The molecule has 0 aromatic heterocycles. The lowest BCUT2D eigenvalue weighted by Gasteiger charge is -2.05. The van der Waals surface area contributed by atoms with Gasteiger partial charge in [0.05, 0.1) is 16.3 Å². The Balaban J connectivity index is 3.23. The number of hydrogen-bond donors (Lipinski definition) is 1. The van der Waals surface area contributed by atoms with E-state index < -0.39 is 0 Å². The summed E-state index contributed by atoms with van der Waals surface area (Å²) in [7, 11) is 0. The molecule has 2 nitrogen and oxygen atoms in total.